The van der Waals surface area contributed by atoms with Gasteiger partial charge < -0.3 is 4.74 Å². The van der Waals surface area contributed by atoms with E-state index in [1.54, 1.807) is 7.11 Å². The van der Waals surface area contributed by atoms with Crippen LogP contribution in [0.2, 0.25) is 0 Å². The number of aromatic nitrogens is 2. The summed E-state index contributed by atoms with van der Waals surface area (Å²) in [6, 6.07) is 8.54. The van der Waals surface area contributed by atoms with E-state index in [-0.39, 0.29) is 6.10 Å². The Kier molecular flexibility index (Phi) is 3.38. The maximum Gasteiger partial charge on any atom is 0.0793 e. The third kappa shape index (κ3) is 2.87. The first-order chi connectivity index (χ1) is 9.26. The molecule has 3 nitrogen and oxygen atoms in total. The van der Waals surface area contributed by atoms with Crippen molar-refractivity contribution in [2.24, 2.45) is 5.92 Å². The minimum atomic E-state index is 0.145. The summed E-state index contributed by atoms with van der Waals surface area (Å²) in [4.78, 5) is 0. The zero-order valence-electron chi connectivity index (χ0n) is 11.5. The van der Waals surface area contributed by atoms with Crippen molar-refractivity contribution >= 4 is 0 Å². The highest BCUT2D eigenvalue weighted by atomic mass is 16.5. The number of hydrogen-bond donors (Lipinski definition) is 0. The quantitative estimate of drug-likeness (QED) is 0.816. The largest absolute Gasteiger partial charge is 0.377 e. The van der Waals surface area contributed by atoms with Gasteiger partial charge in [-0.3, -0.25) is 4.68 Å². The summed E-state index contributed by atoms with van der Waals surface area (Å²) in [7, 11) is 1.74. The van der Waals surface area contributed by atoms with Crippen molar-refractivity contribution in [2.45, 2.75) is 32.4 Å². The number of rotatable bonds is 5. The lowest BCUT2D eigenvalue weighted by Crippen LogP contribution is -1.99. The third-order valence-corrected chi connectivity index (χ3v) is 3.84. The van der Waals surface area contributed by atoms with Gasteiger partial charge in [0.2, 0.25) is 0 Å². The van der Waals surface area contributed by atoms with Gasteiger partial charge in [0, 0.05) is 25.4 Å². The number of hydrogen-bond acceptors (Lipinski definition) is 2. The van der Waals surface area contributed by atoms with Crippen molar-refractivity contribution in [3.8, 4) is 11.1 Å². The fourth-order valence-corrected chi connectivity index (χ4v) is 2.26. The monoisotopic (exact) mass is 256 g/mol. The SMILES string of the molecule is COC(C)c1ccc(-c2cnn(CC3CC3)c2)cc1. The van der Waals surface area contributed by atoms with E-state index < -0.39 is 0 Å². The minimum absolute atomic E-state index is 0.145. The Hall–Kier alpha value is -1.61. The minimum Gasteiger partial charge on any atom is -0.377 e. The smallest absolute Gasteiger partial charge is 0.0793 e. The normalized spacial score (nSPS) is 16.5. The Labute approximate surface area is 114 Å². The van der Waals surface area contributed by atoms with Crippen molar-refractivity contribution in [1.29, 1.82) is 0 Å². The molecule has 0 bridgehead atoms. The average molecular weight is 256 g/mol. The summed E-state index contributed by atoms with van der Waals surface area (Å²) in [6.07, 6.45) is 6.97. The predicted octanol–water partition coefficient (Wildman–Crippen LogP) is 3.67. The molecular formula is C16H20N2O. The van der Waals surface area contributed by atoms with E-state index in [0.717, 1.165) is 12.5 Å². The van der Waals surface area contributed by atoms with Crippen LogP contribution >= 0.6 is 0 Å². The number of benzene rings is 1. The summed E-state index contributed by atoms with van der Waals surface area (Å²) < 4.78 is 7.39. The Morgan fingerprint density at radius 1 is 1.26 bits per heavy atom. The maximum atomic E-state index is 5.32. The van der Waals surface area contributed by atoms with Crippen LogP contribution in [0.4, 0.5) is 0 Å². The first-order valence-electron chi connectivity index (χ1n) is 6.92. The van der Waals surface area contributed by atoms with Gasteiger partial charge in [-0.2, -0.15) is 5.10 Å². The number of ether oxygens (including phenoxy) is 1. The van der Waals surface area contributed by atoms with Crippen molar-refractivity contribution < 1.29 is 4.74 Å². The van der Waals surface area contributed by atoms with Crippen LogP contribution in [0.3, 0.4) is 0 Å². The van der Waals surface area contributed by atoms with Gasteiger partial charge in [0.25, 0.3) is 0 Å². The van der Waals surface area contributed by atoms with Crippen LogP contribution < -0.4 is 0 Å². The van der Waals surface area contributed by atoms with Crippen LogP contribution in [0.25, 0.3) is 11.1 Å². The molecule has 1 fully saturated rings. The second-order valence-corrected chi connectivity index (χ2v) is 5.39. The molecule has 3 heteroatoms. The van der Waals surface area contributed by atoms with E-state index in [9.17, 15) is 0 Å². The van der Waals surface area contributed by atoms with Crippen molar-refractivity contribution in [2.75, 3.05) is 7.11 Å². The van der Waals surface area contributed by atoms with Gasteiger partial charge in [0.05, 0.1) is 12.3 Å². The van der Waals surface area contributed by atoms with Crippen molar-refractivity contribution in [3.63, 3.8) is 0 Å². The van der Waals surface area contributed by atoms with Crippen LogP contribution in [0.1, 0.15) is 31.4 Å². The van der Waals surface area contributed by atoms with E-state index in [1.165, 1.54) is 29.5 Å². The lowest BCUT2D eigenvalue weighted by Gasteiger charge is -2.09. The number of nitrogens with zero attached hydrogens (tertiary/aromatic N) is 2. The van der Waals surface area contributed by atoms with E-state index in [0.29, 0.717) is 0 Å². The Balaban J connectivity index is 1.75. The Bertz CT molecular complexity index is 540. The summed E-state index contributed by atoms with van der Waals surface area (Å²) in [5, 5.41) is 4.44. The lowest BCUT2D eigenvalue weighted by molar-refractivity contribution is 0.119. The van der Waals surface area contributed by atoms with E-state index in [1.807, 2.05) is 6.20 Å². The molecule has 0 N–H and O–H groups in total. The molecule has 0 amide bonds. The van der Waals surface area contributed by atoms with Crippen molar-refractivity contribution in [1.82, 2.24) is 9.78 Å². The first-order valence-corrected chi connectivity index (χ1v) is 6.92. The van der Waals surface area contributed by atoms with Crippen LogP contribution in [-0.4, -0.2) is 16.9 Å². The lowest BCUT2D eigenvalue weighted by atomic mass is 10.0. The van der Waals surface area contributed by atoms with E-state index in [2.05, 4.69) is 47.2 Å². The fraction of sp³-hybridized carbons (Fsp3) is 0.438. The molecule has 1 saturated carbocycles. The second kappa shape index (κ2) is 5.17. The van der Waals surface area contributed by atoms with Gasteiger partial charge in [0.15, 0.2) is 0 Å². The predicted molar refractivity (Wildman–Crippen MR) is 75.8 cm³/mol. The molecule has 100 valence electrons. The van der Waals surface area contributed by atoms with Gasteiger partial charge >= 0.3 is 0 Å². The molecule has 1 aromatic carbocycles. The van der Waals surface area contributed by atoms with Gasteiger partial charge in [-0.05, 0) is 36.8 Å². The zero-order valence-corrected chi connectivity index (χ0v) is 11.5. The second-order valence-electron chi connectivity index (χ2n) is 5.39. The molecule has 0 aliphatic heterocycles. The molecule has 3 rings (SSSR count). The van der Waals surface area contributed by atoms with Gasteiger partial charge in [-0.1, -0.05) is 24.3 Å². The molecule has 0 saturated heterocycles. The molecule has 1 aliphatic carbocycles. The average Bonchev–Trinajstić information content (AvgIpc) is 3.14. The highest BCUT2D eigenvalue weighted by Gasteiger charge is 2.22. The van der Waals surface area contributed by atoms with Crippen molar-refractivity contribution in [3.05, 3.63) is 42.2 Å². The van der Waals surface area contributed by atoms with Crippen LogP contribution in [0.5, 0.6) is 0 Å². The maximum absolute atomic E-state index is 5.32. The molecule has 19 heavy (non-hydrogen) atoms. The van der Waals surface area contributed by atoms with Gasteiger partial charge in [-0.25, -0.2) is 0 Å². The van der Waals surface area contributed by atoms with E-state index in [4.69, 9.17) is 4.74 Å². The highest BCUT2D eigenvalue weighted by molar-refractivity contribution is 5.62. The van der Waals surface area contributed by atoms with Gasteiger partial charge in [-0.15, -0.1) is 0 Å². The third-order valence-electron chi connectivity index (χ3n) is 3.84. The number of methoxy groups -OCH3 is 1. The zero-order chi connectivity index (χ0) is 13.2. The van der Waals surface area contributed by atoms with Crippen LogP contribution in [-0.2, 0) is 11.3 Å². The topological polar surface area (TPSA) is 27.1 Å². The summed E-state index contributed by atoms with van der Waals surface area (Å²) >= 11 is 0. The molecule has 0 radical (unpaired) electrons. The summed E-state index contributed by atoms with van der Waals surface area (Å²) in [5.74, 6) is 0.859. The van der Waals surface area contributed by atoms with Crippen LogP contribution in [0, 0.1) is 5.92 Å². The molecule has 1 unspecified atom stereocenters. The Morgan fingerprint density at radius 3 is 2.63 bits per heavy atom. The molecule has 2 aromatic rings. The molecule has 0 spiro atoms. The molecule has 1 heterocycles. The molecular weight excluding hydrogens is 236 g/mol. The van der Waals surface area contributed by atoms with Gasteiger partial charge in [0.1, 0.15) is 0 Å². The standard InChI is InChI=1S/C16H20N2O/c1-12(19-2)14-5-7-15(8-6-14)16-9-17-18(11-16)10-13-3-4-13/h5-9,11-13H,3-4,10H2,1-2H3. The first kappa shape index (κ1) is 12.4. The molecule has 1 aromatic heterocycles. The Morgan fingerprint density at radius 2 is 2.00 bits per heavy atom. The highest BCUT2D eigenvalue weighted by Crippen LogP contribution is 2.31. The summed E-state index contributed by atoms with van der Waals surface area (Å²) in [5.41, 5.74) is 3.61. The molecule has 1 atom stereocenters. The van der Waals surface area contributed by atoms with Crippen LogP contribution in [0.15, 0.2) is 36.7 Å². The fourth-order valence-electron chi connectivity index (χ4n) is 2.26. The summed E-state index contributed by atoms with van der Waals surface area (Å²) in [6.45, 7) is 3.13. The van der Waals surface area contributed by atoms with E-state index >= 15 is 0 Å². The molecule has 1 aliphatic rings.